The highest BCUT2D eigenvalue weighted by molar-refractivity contribution is 7.99. The number of hydrogen-bond acceptors (Lipinski definition) is 3. The lowest BCUT2D eigenvalue weighted by atomic mass is 10.00. The molecule has 0 spiro atoms. The van der Waals surface area contributed by atoms with Crippen molar-refractivity contribution >= 4 is 11.8 Å². The van der Waals surface area contributed by atoms with Crippen LogP contribution in [0, 0.1) is 0 Å². The largest absolute Gasteiger partial charge is 0.311 e. The summed E-state index contributed by atoms with van der Waals surface area (Å²) in [4.78, 5) is 2.75. The fourth-order valence-corrected chi connectivity index (χ4v) is 4.52. The fourth-order valence-electron chi connectivity index (χ4n) is 3.28. The SMILES string of the molecule is CC1CNC(Cc2ccccc2)CN1C1CCSC1. The minimum Gasteiger partial charge on any atom is -0.311 e. The summed E-state index contributed by atoms with van der Waals surface area (Å²) in [6.07, 6.45) is 2.54. The third-order valence-corrected chi connectivity index (χ3v) is 5.54. The summed E-state index contributed by atoms with van der Waals surface area (Å²) in [5.74, 6) is 2.69. The van der Waals surface area contributed by atoms with Crippen LogP contribution >= 0.6 is 11.8 Å². The Morgan fingerprint density at radius 2 is 2.16 bits per heavy atom. The van der Waals surface area contributed by atoms with Crippen molar-refractivity contribution in [3.63, 3.8) is 0 Å². The van der Waals surface area contributed by atoms with Crippen molar-refractivity contribution in [2.75, 3.05) is 24.6 Å². The Labute approximate surface area is 121 Å². The molecule has 3 unspecified atom stereocenters. The Balaban J connectivity index is 1.61. The van der Waals surface area contributed by atoms with E-state index in [0.717, 1.165) is 19.0 Å². The van der Waals surface area contributed by atoms with Crippen LogP contribution in [0.25, 0.3) is 0 Å². The molecule has 3 rings (SSSR count). The van der Waals surface area contributed by atoms with Crippen molar-refractivity contribution in [1.82, 2.24) is 10.2 Å². The van der Waals surface area contributed by atoms with Gasteiger partial charge in [-0.1, -0.05) is 30.3 Å². The van der Waals surface area contributed by atoms with E-state index in [-0.39, 0.29) is 0 Å². The molecule has 19 heavy (non-hydrogen) atoms. The lowest BCUT2D eigenvalue weighted by molar-refractivity contribution is 0.102. The van der Waals surface area contributed by atoms with Crippen LogP contribution in [0.1, 0.15) is 18.9 Å². The molecule has 2 aliphatic rings. The predicted molar refractivity (Wildman–Crippen MR) is 83.8 cm³/mol. The number of thioether (sulfide) groups is 1. The fraction of sp³-hybridized carbons (Fsp3) is 0.625. The second-order valence-corrected chi connectivity index (χ2v) is 7.01. The van der Waals surface area contributed by atoms with Gasteiger partial charge in [-0.15, -0.1) is 0 Å². The Hall–Kier alpha value is -0.510. The van der Waals surface area contributed by atoms with Gasteiger partial charge < -0.3 is 5.32 Å². The van der Waals surface area contributed by atoms with Crippen LogP contribution in [-0.2, 0) is 6.42 Å². The first-order valence-electron chi connectivity index (χ1n) is 7.44. The molecule has 2 saturated heterocycles. The van der Waals surface area contributed by atoms with Crippen molar-refractivity contribution in [2.24, 2.45) is 0 Å². The molecule has 0 bridgehead atoms. The maximum absolute atomic E-state index is 3.72. The van der Waals surface area contributed by atoms with E-state index in [1.807, 2.05) is 0 Å². The number of nitrogens with zero attached hydrogens (tertiary/aromatic N) is 1. The van der Waals surface area contributed by atoms with E-state index in [2.05, 4.69) is 59.2 Å². The molecule has 0 amide bonds. The first-order chi connectivity index (χ1) is 9.33. The number of hydrogen-bond donors (Lipinski definition) is 1. The van der Waals surface area contributed by atoms with Crippen LogP contribution in [0.15, 0.2) is 30.3 Å². The van der Waals surface area contributed by atoms with Gasteiger partial charge >= 0.3 is 0 Å². The molecule has 0 aromatic heterocycles. The number of piperazine rings is 1. The predicted octanol–water partition coefficient (Wildman–Crippen LogP) is 2.40. The quantitative estimate of drug-likeness (QED) is 0.912. The smallest absolute Gasteiger partial charge is 0.0236 e. The number of rotatable bonds is 3. The average Bonchev–Trinajstić information content (AvgIpc) is 2.96. The Morgan fingerprint density at radius 1 is 1.32 bits per heavy atom. The zero-order valence-electron chi connectivity index (χ0n) is 11.7. The van der Waals surface area contributed by atoms with Crippen LogP contribution in [0.3, 0.4) is 0 Å². The second kappa shape index (κ2) is 6.29. The maximum Gasteiger partial charge on any atom is 0.0236 e. The molecule has 1 aromatic rings. The third-order valence-electron chi connectivity index (χ3n) is 4.40. The monoisotopic (exact) mass is 276 g/mol. The van der Waals surface area contributed by atoms with Gasteiger partial charge in [0.1, 0.15) is 0 Å². The minimum absolute atomic E-state index is 0.615. The highest BCUT2D eigenvalue weighted by Gasteiger charge is 2.32. The summed E-state index contributed by atoms with van der Waals surface area (Å²) in [6.45, 7) is 4.72. The summed E-state index contributed by atoms with van der Waals surface area (Å²) >= 11 is 2.12. The van der Waals surface area contributed by atoms with Crippen molar-refractivity contribution in [3.05, 3.63) is 35.9 Å². The molecule has 2 heterocycles. The van der Waals surface area contributed by atoms with Crippen molar-refractivity contribution in [1.29, 1.82) is 0 Å². The topological polar surface area (TPSA) is 15.3 Å². The Bertz CT molecular complexity index is 389. The molecule has 2 fully saturated rings. The minimum atomic E-state index is 0.615. The van der Waals surface area contributed by atoms with Crippen molar-refractivity contribution in [2.45, 2.75) is 37.9 Å². The molecule has 2 aliphatic heterocycles. The summed E-state index contributed by atoms with van der Waals surface area (Å²) < 4.78 is 0. The van der Waals surface area contributed by atoms with Gasteiger partial charge in [0.15, 0.2) is 0 Å². The molecular formula is C16H24N2S. The molecule has 1 N–H and O–H groups in total. The lowest BCUT2D eigenvalue weighted by Gasteiger charge is -2.42. The standard InChI is InChI=1S/C16H24N2S/c1-13-10-17-15(9-14-5-3-2-4-6-14)11-18(13)16-7-8-19-12-16/h2-6,13,15-17H,7-12H2,1H3. The number of benzene rings is 1. The van der Waals surface area contributed by atoms with Gasteiger partial charge in [-0.25, -0.2) is 0 Å². The van der Waals surface area contributed by atoms with Gasteiger partial charge in [-0.3, -0.25) is 4.90 Å². The van der Waals surface area contributed by atoms with Crippen molar-refractivity contribution < 1.29 is 0 Å². The second-order valence-electron chi connectivity index (χ2n) is 5.86. The average molecular weight is 276 g/mol. The van der Waals surface area contributed by atoms with Crippen LogP contribution in [0.2, 0.25) is 0 Å². The van der Waals surface area contributed by atoms with Crippen molar-refractivity contribution in [3.8, 4) is 0 Å². The first-order valence-corrected chi connectivity index (χ1v) is 8.59. The number of nitrogens with one attached hydrogen (secondary N) is 1. The van der Waals surface area contributed by atoms with Crippen LogP contribution < -0.4 is 5.32 Å². The van der Waals surface area contributed by atoms with Gasteiger partial charge in [-0.2, -0.15) is 11.8 Å². The molecule has 1 aromatic carbocycles. The normalized spacial score (nSPS) is 32.6. The highest BCUT2D eigenvalue weighted by Crippen LogP contribution is 2.25. The van der Waals surface area contributed by atoms with Gasteiger partial charge in [0, 0.05) is 37.0 Å². The molecular weight excluding hydrogens is 252 g/mol. The Kier molecular flexibility index (Phi) is 4.46. The third kappa shape index (κ3) is 3.33. The first kappa shape index (κ1) is 13.5. The van der Waals surface area contributed by atoms with E-state index in [9.17, 15) is 0 Å². The van der Waals surface area contributed by atoms with E-state index in [1.54, 1.807) is 0 Å². The lowest BCUT2D eigenvalue weighted by Crippen LogP contribution is -2.59. The summed E-state index contributed by atoms with van der Waals surface area (Å²) in [7, 11) is 0. The molecule has 0 saturated carbocycles. The van der Waals surface area contributed by atoms with E-state index in [0.29, 0.717) is 12.1 Å². The van der Waals surface area contributed by atoms with E-state index in [4.69, 9.17) is 0 Å². The van der Waals surface area contributed by atoms with Crippen LogP contribution in [0.5, 0.6) is 0 Å². The van der Waals surface area contributed by atoms with Gasteiger partial charge in [-0.05, 0) is 31.1 Å². The zero-order valence-corrected chi connectivity index (χ0v) is 12.5. The molecule has 104 valence electrons. The molecule has 3 atom stereocenters. The molecule has 3 heteroatoms. The molecule has 2 nitrogen and oxygen atoms in total. The summed E-state index contributed by atoms with van der Waals surface area (Å²) in [5, 5.41) is 3.72. The summed E-state index contributed by atoms with van der Waals surface area (Å²) in [6, 6.07) is 13.0. The maximum atomic E-state index is 3.72. The molecule has 0 radical (unpaired) electrons. The van der Waals surface area contributed by atoms with E-state index in [1.165, 1.54) is 30.0 Å². The van der Waals surface area contributed by atoms with Crippen LogP contribution in [0.4, 0.5) is 0 Å². The zero-order chi connectivity index (χ0) is 13.1. The molecule has 0 aliphatic carbocycles. The summed E-state index contributed by atoms with van der Waals surface area (Å²) in [5.41, 5.74) is 1.45. The van der Waals surface area contributed by atoms with E-state index >= 15 is 0 Å². The highest BCUT2D eigenvalue weighted by atomic mass is 32.2. The Morgan fingerprint density at radius 3 is 2.89 bits per heavy atom. The van der Waals surface area contributed by atoms with E-state index < -0.39 is 0 Å². The van der Waals surface area contributed by atoms with Gasteiger partial charge in [0.2, 0.25) is 0 Å². The van der Waals surface area contributed by atoms with Gasteiger partial charge in [0.25, 0.3) is 0 Å². The van der Waals surface area contributed by atoms with Gasteiger partial charge in [0.05, 0.1) is 0 Å². The van der Waals surface area contributed by atoms with Crippen LogP contribution in [-0.4, -0.2) is 47.6 Å².